The van der Waals surface area contributed by atoms with Crippen molar-refractivity contribution in [3.8, 4) is 0 Å². The van der Waals surface area contributed by atoms with Crippen LogP contribution in [0.5, 0.6) is 0 Å². The molecule has 0 aliphatic heterocycles. The lowest BCUT2D eigenvalue weighted by Crippen LogP contribution is -2.32. The Morgan fingerprint density at radius 3 is 2.80 bits per heavy atom. The smallest absolute Gasteiger partial charge is 0.422 e. The van der Waals surface area contributed by atoms with Gasteiger partial charge in [0.1, 0.15) is 0 Å². The van der Waals surface area contributed by atoms with Crippen molar-refractivity contribution in [1.29, 1.82) is 0 Å². The lowest BCUT2D eigenvalue weighted by Gasteiger charge is -2.08. The number of carbonyl (C=O) groups is 1. The number of nitrogens with zero attached hydrogens (tertiary/aromatic N) is 2. The van der Waals surface area contributed by atoms with Crippen LogP contribution in [0.2, 0.25) is 0 Å². The van der Waals surface area contributed by atoms with Gasteiger partial charge in [0.2, 0.25) is 0 Å². The highest BCUT2D eigenvalue weighted by Gasteiger charge is 2.13. The van der Waals surface area contributed by atoms with Crippen molar-refractivity contribution in [3.63, 3.8) is 0 Å². The molecule has 0 aliphatic carbocycles. The van der Waals surface area contributed by atoms with Gasteiger partial charge in [-0.3, -0.25) is 0 Å². The maximum atomic E-state index is 12.9. The van der Waals surface area contributed by atoms with E-state index in [0.29, 0.717) is 10.8 Å². The van der Waals surface area contributed by atoms with Crippen molar-refractivity contribution in [2.45, 2.75) is 20.0 Å². The third kappa shape index (κ3) is 2.52. The first-order chi connectivity index (χ1) is 6.91. The summed E-state index contributed by atoms with van der Waals surface area (Å²) in [4.78, 5) is 25.5. The molecular weight excluding hydrogens is 205 g/mol. The molecule has 0 bridgehead atoms. The zero-order valence-corrected chi connectivity index (χ0v) is 8.23. The average Bonchev–Trinajstić information content (AvgIpc) is 2.09. The summed E-state index contributed by atoms with van der Waals surface area (Å²) in [6.07, 6.45) is -0.749. The fraction of sp³-hybridized carbons (Fsp3) is 0.375. The molecule has 6 nitrogen and oxygen atoms in total. The summed E-state index contributed by atoms with van der Waals surface area (Å²) in [5, 5.41) is 0. The van der Waals surface area contributed by atoms with E-state index < -0.39 is 29.5 Å². The van der Waals surface area contributed by atoms with Crippen LogP contribution in [0.4, 0.5) is 15.0 Å². The van der Waals surface area contributed by atoms with Crippen LogP contribution in [-0.4, -0.2) is 21.7 Å². The molecule has 1 rings (SSSR count). The number of hydrogen-bond donors (Lipinski definition) is 1. The predicted molar refractivity (Wildman–Crippen MR) is 49.9 cm³/mol. The Morgan fingerprint density at radius 1 is 1.67 bits per heavy atom. The molecule has 82 valence electrons. The Balaban J connectivity index is 3.10. The second kappa shape index (κ2) is 4.07. The van der Waals surface area contributed by atoms with E-state index in [1.807, 2.05) is 0 Å². The molecule has 7 heteroatoms. The molecule has 1 heterocycles. The number of anilines is 1. The molecule has 0 amide bonds. The van der Waals surface area contributed by atoms with E-state index >= 15 is 0 Å². The molecule has 2 N–H and O–H groups in total. The number of rotatable bonds is 1. The van der Waals surface area contributed by atoms with E-state index in [0.717, 1.165) is 0 Å². The standard InChI is InChI=1S/C8H10FN3O3/c1-4(2)15-8(14)12-3-5(9)6(10)11-7(12)13/h3-4H,1-2H3,(H2,10,11,13). The van der Waals surface area contributed by atoms with Crippen LogP contribution in [0.25, 0.3) is 0 Å². The topological polar surface area (TPSA) is 87.2 Å². The maximum absolute atomic E-state index is 12.9. The number of aromatic nitrogens is 2. The first-order valence-corrected chi connectivity index (χ1v) is 4.17. The monoisotopic (exact) mass is 215 g/mol. The van der Waals surface area contributed by atoms with E-state index in [1.54, 1.807) is 13.8 Å². The number of carbonyl (C=O) groups excluding carboxylic acids is 1. The van der Waals surface area contributed by atoms with Crippen LogP contribution in [0.3, 0.4) is 0 Å². The molecule has 15 heavy (non-hydrogen) atoms. The van der Waals surface area contributed by atoms with Gasteiger partial charge in [0.05, 0.1) is 12.3 Å². The molecule has 0 aromatic carbocycles. The van der Waals surface area contributed by atoms with E-state index in [4.69, 9.17) is 5.73 Å². The van der Waals surface area contributed by atoms with Gasteiger partial charge in [-0.2, -0.15) is 9.55 Å². The van der Waals surface area contributed by atoms with Crippen LogP contribution >= 0.6 is 0 Å². The molecule has 1 aromatic rings. The minimum Gasteiger partial charge on any atom is -0.446 e. The van der Waals surface area contributed by atoms with Gasteiger partial charge in [0, 0.05) is 0 Å². The van der Waals surface area contributed by atoms with Crippen molar-refractivity contribution in [1.82, 2.24) is 9.55 Å². The summed E-state index contributed by atoms with van der Waals surface area (Å²) in [7, 11) is 0. The quantitative estimate of drug-likeness (QED) is 0.730. The molecule has 0 unspecified atom stereocenters. The second-order valence-corrected chi connectivity index (χ2v) is 3.06. The fourth-order valence-corrected chi connectivity index (χ4v) is 0.834. The Kier molecular flexibility index (Phi) is 3.03. The average molecular weight is 215 g/mol. The number of hydrogen-bond acceptors (Lipinski definition) is 5. The summed E-state index contributed by atoms with van der Waals surface area (Å²) in [6, 6.07) is 0. The zero-order chi connectivity index (χ0) is 11.6. The Hall–Kier alpha value is -1.92. The molecule has 0 aliphatic rings. The predicted octanol–water partition coefficient (Wildman–Crippen LogP) is 0.358. The van der Waals surface area contributed by atoms with Crippen LogP contribution < -0.4 is 11.4 Å². The highest BCUT2D eigenvalue weighted by molar-refractivity contribution is 5.70. The molecule has 0 fully saturated rings. The molecule has 1 aromatic heterocycles. The highest BCUT2D eigenvalue weighted by Crippen LogP contribution is 2.01. The van der Waals surface area contributed by atoms with Gasteiger partial charge in [0.15, 0.2) is 11.6 Å². The number of halogens is 1. The van der Waals surface area contributed by atoms with Gasteiger partial charge in [-0.15, -0.1) is 0 Å². The molecular formula is C8H10FN3O3. The molecule has 0 atom stereocenters. The van der Waals surface area contributed by atoms with Crippen molar-refractivity contribution >= 4 is 11.9 Å². The fourth-order valence-electron chi connectivity index (χ4n) is 0.834. The highest BCUT2D eigenvalue weighted by atomic mass is 19.1. The molecule has 0 spiro atoms. The van der Waals surface area contributed by atoms with Crippen molar-refractivity contribution in [2.75, 3.05) is 5.73 Å². The summed E-state index contributed by atoms with van der Waals surface area (Å²) < 4.78 is 18.0. The van der Waals surface area contributed by atoms with Gasteiger partial charge < -0.3 is 10.5 Å². The summed E-state index contributed by atoms with van der Waals surface area (Å²) in [6.45, 7) is 3.20. The minimum atomic E-state index is -0.985. The third-order valence-electron chi connectivity index (χ3n) is 1.44. The SMILES string of the molecule is CC(C)OC(=O)n1cc(F)c(N)nc1=O. The third-order valence-corrected chi connectivity index (χ3v) is 1.44. The molecule has 0 saturated heterocycles. The van der Waals surface area contributed by atoms with Gasteiger partial charge in [-0.05, 0) is 13.8 Å². The van der Waals surface area contributed by atoms with Crippen molar-refractivity contribution in [2.24, 2.45) is 0 Å². The van der Waals surface area contributed by atoms with Crippen LogP contribution in [-0.2, 0) is 4.74 Å². The van der Waals surface area contributed by atoms with E-state index in [1.165, 1.54) is 0 Å². The number of ether oxygens (including phenoxy) is 1. The minimum absolute atomic E-state index is 0.412. The normalized spacial score (nSPS) is 10.4. The van der Waals surface area contributed by atoms with Gasteiger partial charge in [0.25, 0.3) is 0 Å². The summed E-state index contributed by atoms with van der Waals surface area (Å²) >= 11 is 0. The summed E-state index contributed by atoms with van der Waals surface area (Å²) in [5.74, 6) is -1.50. The molecule has 0 saturated carbocycles. The number of nitrogen functional groups attached to an aromatic ring is 1. The van der Waals surface area contributed by atoms with E-state index in [9.17, 15) is 14.0 Å². The van der Waals surface area contributed by atoms with Gasteiger partial charge >= 0.3 is 11.8 Å². The van der Waals surface area contributed by atoms with Gasteiger partial charge in [-0.25, -0.2) is 14.0 Å². The van der Waals surface area contributed by atoms with Crippen LogP contribution in [0, 0.1) is 5.82 Å². The second-order valence-electron chi connectivity index (χ2n) is 3.06. The lowest BCUT2D eigenvalue weighted by atomic mass is 10.5. The Morgan fingerprint density at radius 2 is 2.27 bits per heavy atom. The van der Waals surface area contributed by atoms with Crippen LogP contribution in [0.1, 0.15) is 13.8 Å². The Bertz CT molecular complexity index is 441. The Labute approximate surface area is 84.5 Å². The lowest BCUT2D eigenvalue weighted by molar-refractivity contribution is 0.115. The van der Waals surface area contributed by atoms with Crippen molar-refractivity contribution < 1.29 is 13.9 Å². The van der Waals surface area contributed by atoms with Crippen LogP contribution in [0.15, 0.2) is 11.0 Å². The summed E-state index contributed by atoms with van der Waals surface area (Å²) in [5.41, 5.74) is 4.07. The number of nitrogens with two attached hydrogens (primary N) is 1. The first kappa shape index (κ1) is 11.2. The van der Waals surface area contributed by atoms with Gasteiger partial charge in [-0.1, -0.05) is 0 Å². The first-order valence-electron chi connectivity index (χ1n) is 4.17. The van der Waals surface area contributed by atoms with E-state index in [2.05, 4.69) is 9.72 Å². The van der Waals surface area contributed by atoms with E-state index in [-0.39, 0.29) is 0 Å². The zero-order valence-electron chi connectivity index (χ0n) is 8.23. The maximum Gasteiger partial charge on any atom is 0.422 e. The molecule has 0 radical (unpaired) electrons. The van der Waals surface area contributed by atoms with Crippen molar-refractivity contribution in [3.05, 3.63) is 22.5 Å². The largest absolute Gasteiger partial charge is 0.446 e.